The molecule has 21 heavy (non-hydrogen) atoms. The molecule has 0 spiro atoms. The number of benzene rings is 1. The van der Waals surface area contributed by atoms with Gasteiger partial charge >= 0.3 is 0 Å². The van der Waals surface area contributed by atoms with E-state index in [0.29, 0.717) is 10.8 Å². The van der Waals surface area contributed by atoms with E-state index < -0.39 is 10.0 Å². The fraction of sp³-hybridized carbons (Fsp3) is 0.647. The molecule has 3 atom stereocenters. The van der Waals surface area contributed by atoms with E-state index in [1.54, 1.807) is 12.1 Å². The van der Waals surface area contributed by atoms with E-state index in [4.69, 9.17) is 0 Å². The van der Waals surface area contributed by atoms with Crippen molar-refractivity contribution in [3.8, 4) is 0 Å². The summed E-state index contributed by atoms with van der Waals surface area (Å²) < 4.78 is 28.0. The van der Waals surface area contributed by atoms with E-state index in [-0.39, 0.29) is 12.1 Å². The summed E-state index contributed by atoms with van der Waals surface area (Å²) in [5.74, 6) is 0.565. The Morgan fingerprint density at radius 2 is 1.67 bits per heavy atom. The Balaban J connectivity index is 1.96. The van der Waals surface area contributed by atoms with Gasteiger partial charge < -0.3 is 0 Å². The summed E-state index contributed by atoms with van der Waals surface area (Å²) in [6.07, 6.45) is 6.82. The van der Waals surface area contributed by atoms with Crippen molar-refractivity contribution in [2.45, 2.75) is 69.4 Å². The molecule has 0 unspecified atom stereocenters. The van der Waals surface area contributed by atoms with E-state index in [2.05, 4.69) is 6.92 Å². The summed E-state index contributed by atoms with van der Waals surface area (Å²) in [5, 5.41) is 0. The van der Waals surface area contributed by atoms with Gasteiger partial charge in [-0.25, -0.2) is 8.42 Å². The van der Waals surface area contributed by atoms with Crippen molar-refractivity contribution in [2.24, 2.45) is 5.92 Å². The molecule has 1 saturated carbocycles. The molecule has 2 aliphatic rings. The molecule has 1 aromatic carbocycles. The predicted molar refractivity (Wildman–Crippen MR) is 84.6 cm³/mol. The number of rotatable bonds is 2. The second kappa shape index (κ2) is 5.73. The zero-order chi connectivity index (χ0) is 15.0. The van der Waals surface area contributed by atoms with Crippen LogP contribution in [0.2, 0.25) is 0 Å². The van der Waals surface area contributed by atoms with Gasteiger partial charge in [0.25, 0.3) is 0 Å². The quantitative estimate of drug-likeness (QED) is 0.835. The van der Waals surface area contributed by atoms with E-state index in [1.165, 1.54) is 19.3 Å². The first-order valence-corrected chi connectivity index (χ1v) is 9.54. The van der Waals surface area contributed by atoms with Gasteiger partial charge in [-0.05, 0) is 57.6 Å². The molecule has 3 rings (SSSR count). The number of hydrogen-bond acceptors (Lipinski definition) is 2. The highest BCUT2D eigenvalue weighted by molar-refractivity contribution is 7.89. The maximum absolute atomic E-state index is 13.1. The van der Waals surface area contributed by atoms with Gasteiger partial charge in [0.05, 0.1) is 4.90 Å². The molecule has 116 valence electrons. The van der Waals surface area contributed by atoms with Gasteiger partial charge in [0.15, 0.2) is 0 Å². The normalized spacial score (nSPS) is 30.9. The SMILES string of the molecule is Cc1ccc(S(=O)(=O)N2[C@H](C)CC[C@@H]3CCCC[C@@H]32)cc1. The van der Waals surface area contributed by atoms with Crippen molar-refractivity contribution in [3.63, 3.8) is 0 Å². The van der Waals surface area contributed by atoms with Gasteiger partial charge in [-0.2, -0.15) is 4.31 Å². The third-order valence-electron chi connectivity index (χ3n) is 5.18. The average Bonchev–Trinajstić information content (AvgIpc) is 2.47. The number of hydrogen-bond donors (Lipinski definition) is 0. The highest BCUT2D eigenvalue weighted by Crippen LogP contribution is 2.40. The van der Waals surface area contributed by atoms with Gasteiger partial charge in [0.2, 0.25) is 10.0 Å². The Morgan fingerprint density at radius 3 is 2.38 bits per heavy atom. The Kier molecular flexibility index (Phi) is 4.10. The highest BCUT2D eigenvalue weighted by atomic mass is 32.2. The second-order valence-corrected chi connectivity index (χ2v) is 8.53. The molecule has 0 bridgehead atoms. The van der Waals surface area contributed by atoms with Crippen LogP contribution in [0.15, 0.2) is 29.2 Å². The fourth-order valence-electron chi connectivity index (χ4n) is 4.02. The van der Waals surface area contributed by atoms with Crippen LogP contribution in [0.4, 0.5) is 0 Å². The lowest BCUT2D eigenvalue weighted by molar-refractivity contribution is 0.0919. The van der Waals surface area contributed by atoms with Crippen LogP contribution in [0.5, 0.6) is 0 Å². The zero-order valence-electron chi connectivity index (χ0n) is 13.0. The van der Waals surface area contributed by atoms with Gasteiger partial charge in [0, 0.05) is 12.1 Å². The molecule has 1 aromatic rings. The zero-order valence-corrected chi connectivity index (χ0v) is 13.8. The van der Waals surface area contributed by atoms with E-state index in [9.17, 15) is 8.42 Å². The molecule has 1 aliphatic heterocycles. The standard InChI is InChI=1S/C17H25NO2S/c1-13-7-11-16(12-8-13)21(19,20)18-14(2)9-10-15-5-3-4-6-17(15)18/h7-8,11-12,14-15,17H,3-6,9-10H2,1-2H3/t14-,15+,17+/m1/s1. The molecule has 2 fully saturated rings. The average molecular weight is 307 g/mol. The Morgan fingerprint density at radius 1 is 1.00 bits per heavy atom. The maximum Gasteiger partial charge on any atom is 0.243 e. The first-order chi connectivity index (χ1) is 10.00. The van der Waals surface area contributed by atoms with Crippen LogP contribution in [0.25, 0.3) is 0 Å². The molecule has 1 heterocycles. The Bertz CT molecular complexity index is 594. The van der Waals surface area contributed by atoms with Crippen molar-refractivity contribution in [1.82, 2.24) is 4.31 Å². The Hall–Kier alpha value is -0.870. The summed E-state index contributed by atoms with van der Waals surface area (Å²) in [7, 11) is -3.37. The molecular formula is C17H25NO2S. The summed E-state index contributed by atoms with van der Waals surface area (Å²) in [6.45, 7) is 4.05. The van der Waals surface area contributed by atoms with Crippen molar-refractivity contribution in [1.29, 1.82) is 0 Å². The molecule has 0 amide bonds. The lowest BCUT2D eigenvalue weighted by Gasteiger charge is -2.46. The summed E-state index contributed by atoms with van der Waals surface area (Å²) >= 11 is 0. The van der Waals surface area contributed by atoms with Gasteiger partial charge in [0.1, 0.15) is 0 Å². The van der Waals surface area contributed by atoms with E-state index >= 15 is 0 Å². The minimum atomic E-state index is -3.37. The topological polar surface area (TPSA) is 37.4 Å². The van der Waals surface area contributed by atoms with Crippen LogP contribution in [0.3, 0.4) is 0 Å². The number of piperidine rings is 1. The van der Waals surface area contributed by atoms with Crippen LogP contribution in [-0.2, 0) is 10.0 Å². The van der Waals surface area contributed by atoms with Crippen LogP contribution in [0.1, 0.15) is 51.0 Å². The first kappa shape index (κ1) is 15.0. The number of nitrogens with zero attached hydrogens (tertiary/aromatic N) is 1. The third-order valence-corrected chi connectivity index (χ3v) is 7.24. The third kappa shape index (κ3) is 2.76. The summed E-state index contributed by atoms with van der Waals surface area (Å²) in [6, 6.07) is 7.62. The lowest BCUT2D eigenvalue weighted by Crippen LogP contribution is -2.53. The van der Waals surface area contributed by atoms with Crippen molar-refractivity contribution in [3.05, 3.63) is 29.8 Å². The first-order valence-electron chi connectivity index (χ1n) is 8.10. The van der Waals surface area contributed by atoms with Crippen molar-refractivity contribution < 1.29 is 8.42 Å². The van der Waals surface area contributed by atoms with Crippen molar-refractivity contribution in [2.75, 3.05) is 0 Å². The molecule has 0 aromatic heterocycles. The van der Waals surface area contributed by atoms with Crippen LogP contribution in [-0.4, -0.2) is 24.8 Å². The molecule has 1 aliphatic carbocycles. The minimum Gasteiger partial charge on any atom is -0.207 e. The fourth-order valence-corrected chi connectivity index (χ4v) is 5.95. The highest BCUT2D eigenvalue weighted by Gasteiger charge is 2.43. The second-order valence-electron chi connectivity index (χ2n) is 6.69. The minimum absolute atomic E-state index is 0.121. The molecule has 3 nitrogen and oxygen atoms in total. The molecular weight excluding hydrogens is 282 g/mol. The number of sulfonamides is 1. The summed E-state index contributed by atoms with van der Waals surface area (Å²) in [4.78, 5) is 0.450. The molecule has 0 N–H and O–H groups in total. The molecule has 4 heteroatoms. The van der Waals surface area contributed by atoms with Crippen LogP contribution in [0, 0.1) is 12.8 Å². The smallest absolute Gasteiger partial charge is 0.207 e. The molecule has 0 radical (unpaired) electrons. The Labute approximate surface area is 128 Å². The van der Waals surface area contributed by atoms with Crippen LogP contribution >= 0.6 is 0 Å². The summed E-state index contributed by atoms with van der Waals surface area (Å²) in [5.41, 5.74) is 1.09. The lowest BCUT2D eigenvalue weighted by atomic mass is 9.78. The maximum atomic E-state index is 13.1. The molecule has 1 saturated heterocycles. The van der Waals surface area contributed by atoms with Crippen molar-refractivity contribution >= 4 is 10.0 Å². The van der Waals surface area contributed by atoms with Gasteiger partial charge in [-0.3, -0.25) is 0 Å². The monoisotopic (exact) mass is 307 g/mol. The van der Waals surface area contributed by atoms with Crippen LogP contribution < -0.4 is 0 Å². The number of fused-ring (bicyclic) bond motifs is 1. The van der Waals surface area contributed by atoms with Gasteiger partial charge in [-0.1, -0.05) is 30.5 Å². The van der Waals surface area contributed by atoms with Gasteiger partial charge in [-0.15, -0.1) is 0 Å². The number of aryl methyl sites for hydroxylation is 1. The predicted octanol–water partition coefficient (Wildman–Crippen LogP) is 3.73. The van der Waals surface area contributed by atoms with E-state index in [1.807, 2.05) is 23.4 Å². The van der Waals surface area contributed by atoms with E-state index in [0.717, 1.165) is 24.8 Å². The largest absolute Gasteiger partial charge is 0.243 e.